The molecule has 0 heterocycles. The van der Waals surface area contributed by atoms with Crippen molar-refractivity contribution in [2.75, 3.05) is 6.54 Å². The fraction of sp³-hybridized carbons (Fsp3) is 0.333. The van der Waals surface area contributed by atoms with E-state index in [2.05, 4.69) is 29.1 Å². The zero-order valence-corrected chi connectivity index (χ0v) is 21.1. The topological polar surface area (TPSA) is 75.6 Å². The largest absolute Gasteiger partial charge is 0.573 e. The number of carboxylic acids is 1. The van der Waals surface area contributed by atoms with E-state index in [9.17, 15) is 22.8 Å². The lowest BCUT2D eigenvalue weighted by Gasteiger charge is -2.41. The third-order valence-corrected chi connectivity index (χ3v) is 7.31. The Kier molecular flexibility index (Phi) is 8.09. The van der Waals surface area contributed by atoms with Gasteiger partial charge in [-0.25, -0.2) is 0 Å². The summed E-state index contributed by atoms with van der Waals surface area (Å²) >= 11 is 0. The normalized spacial score (nSPS) is 19.5. The van der Waals surface area contributed by atoms with Crippen LogP contribution in [0.25, 0.3) is 11.1 Å². The average molecular weight is 526 g/mol. The number of alkyl halides is 3. The number of carbonyl (C=O) groups is 2. The molecule has 0 aliphatic heterocycles. The van der Waals surface area contributed by atoms with Gasteiger partial charge in [0, 0.05) is 17.5 Å². The first kappa shape index (κ1) is 27.2. The van der Waals surface area contributed by atoms with E-state index in [0.717, 1.165) is 47.9 Å². The average Bonchev–Trinajstić information content (AvgIpc) is 2.89. The van der Waals surface area contributed by atoms with E-state index in [0.29, 0.717) is 11.5 Å². The quantitative estimate of drug-likeness (QED) is 0.334. The number of carboxylic acid groups (broad SMARTS) is 1. The molecule has 3 aromatic rings. The van der Waals surface area contributed by atoms with Crippen molar-refractivity contribution >= 4 is 11.9 Å². The third-order valence-electron chi connectivity index (χ3n) is 7.31. The highest BCUT2D eigenvalue weighted by Gasteiger charge is 2.37. The van der Waals surface area contributed by atoms with Crippen molar-refractivity contribution in [3.63, 3.8) is 0 Å². The maximum Gasteiger partial charge on any atom is 0.573 e. The number of nitrogens with one attached hydrogen (secondary N) is 1. The van der Waals surface area contributed by atoms with Gasteiger partial charge in [0.1, 0.15) is 5.75 Å². The van der Waals surface area contributed by atoms with Crippen molar-refractivity contribution in [3.8, 4) is 16.9 Å². The van der Waals surface area contributed by atoms with Crippen LogP contribution in [0.3, 0.4) is 0 Å². The maximum atomic E-state index is 12.5. The van der Waals surface area contributed by atoms with Crippen molar-refractivity contribution in [1.82, 2.24) is 5.32 Å². The molecule has 0 unspecified atom stereocenters. The fourth-order valence-electron chi connectivity index (χ4n) is 5.16. The summed E-state index contributed by atoms with van der Waals surface area (Å²) in [4.78, 5) is 23.1. The summed E-state index contributed by atoms with van der Waals surface area (Å²) in [5.41, 5.74) is 4.22. The Morgan fingerprint density at radius 1 is 0.895 bits per heavy atom. The zero-order valence-electron chi connectivity index (χ0n) is 21.1. The van der Waals surface area contributed by atoms with Crippen LogP contribution < -0.4 is 10.1 Å². The highest BCUT2D eigenvalue weighted by atomic mass is 19.4. The minimum atomic E-state index is -4.72. The van der Waals surface area contributed by atoms with E-state index in [1.807, 2.05) is 24.3 Å². The molecular weight excluding hydrogens is 495 g/mol. The number of ether oxygens (including phenoxy) is 1. The SMILES string of the molecule is CC1CCC(c2ccc(C(=O)NCCC(=O)O)cc2)(c2ccc(-c3ccc(OC(F)(F)F)cc3)cc2)CC1. The number of rotatable bonds is 8. The fourth-order valence-corrected chi connectivity index (χ4v) is 5.16. The number of hydrogen-bond acceptors (Lipinski definition) is 3. The first-order valence-electron chi connectivity index (χ1n) is 12.6. The summed E-state index contributed by atoms with van der Waals surface area (Å²) in [5.74, 6) is -0.904. The summed E-state index contributed by atoms with van der Waals surface area (Å²) in [7, 11) is 0. The summed E-state index contributed by atoms with van der Waals surface area (Å²) in [6, 6.07) is 21.5. The first-order chi connectivity index (χ1) is 18.1. The van der Waals surface area contributed by atoms with Crippen LogP contribution in [0.15, 0.2) is 72.8 Å². The molecule has 8 heteroatoms. The molecule has 4 rings (SSSR count). The molecule has 0 spiro atoms. The Morgan fingerprint density at radius 3 is 1.89 bits per heavy atom. The van der Waals surface area contributed by atoms with Gasteiger partial charge in [-0.3, -0.25) is 9.59 Å². The lowest BCUT2D eigenvalue weighted by atomic mass is 9.63. The van der Waals surface area contributed by atoms with Crippen LogP contribution in [0.4, 0.5) is 13.2 Å². The lowest BCUT2D eigenvalue weighted by molar-refractivity contribution is -0.274. The molecular formula is C30H30F3NO4. The Balaban J connectivity index is 1.56. The molecule has 0 radical (unpaired) electrons. The van der Waals surface area contributed by atoms with Crippen LogP contribution >= 0.6 is 0 Å². The molecule has 1 amide bonds. The van der Waals surface area contributed by atoms with Gasteiger partial charge in [0.25, 0.3) is 5.91 Å². The molecule has 5 nitrogen and oxygen atoms in total. The second-order valence-corrected chi connectivity index (χ2v) is 9.89. The van der Waals surface area contributed by atoms with Crippen LogP contribution in [0, 0.1) is 5.92 Å². The molecule has 0 bridgehead atoms. The molecule has 0 atom stereocenters. The lowest BCUT2D eigenvalue weighted by Crippen LogP contribution is -2.33. The molecule has 2 N–H and O–H groups in total. The van der Waals surface area contributed by atoms with E-state index in [1.165, 1.54) is 12.1 Å². The maximum absolute atomic E-state index is 12.5. The number of carbonyl (C=O) groups excluding carboxylic acids is 1. The van der Waals surface area contributed by atoms with Crippen LogP contribution in [-0.2, 0) is 10.2 Å². The minimum Gasteiger partial charge on any atom is -0.481 e. The Hall–Kier alpha value is -3.81. The van der Waals surface area contributed by atoms with E-state index in [-0.39, 0.29) is 30.0 Å². The molecule has 1 aliphatic carbocycles. The van der Waals surface area contributed by atoms with Gasteiger partial charge < -0.3 is 15.2 Å². The third kappa shape index (κ3) is 6.54. The monoisotopic (exact) mass is 525 g/mol. The summed E-state index contributed by atoms with van der Waals surface area (Å²) in [6.07, 6.45) is -0.800. The Labute approximate surface area is 219 Å². The smallest absolute Gasteiger partial charge is 0.481 e. The van der Waals surface area contributed by atoms with E-state index < -0.39 is 12.3 Å². The molecule has 1 fully saturated rings. The molecule has 0 aromatic heterocycles. The second kappa shape index (κ2) is 11.3. The van der Waals surface area contributed by atoms with Gasteiger partial charge in [-0.15, -0.1) is 13.2 Å². The highest BCUT2D eigenvalue weighted by Crippen LogP contribution is 2.46. The first-order valence-corrected chi connectivity index (χ1v) is 12.6. The molecule has 200 valence electrons. The predicted octanol–water partition coefficient (Wildman–Crippen LogP) is 6.95. The van der Waals surface area contributed by atoms with E-state index in [1.54, 1.807) is 24.3 Å². The highest BCUT2D eigenvalue weighted by molar-refractivity contribution is 5.94. The van der Waals surface area contributed by atoms with Crippen molar-refractivity contribution in [2.24, 2.45) is 5.92 Å². The molecule has 1 saturated carbocycles. The van der Waals surface area contributed by atoms with Crippen molar-refractivity contribution in [2.45, 2.75) is 50.8 Å². The van der Waals surface area contributed by atoms with Crippen LogP contribution in [0.2, 0.25) is 0 Å². The van der Waals surface area contributed by atoms with Gasteiger partial charge in [0.05, 0.1) is 6.42 Å². The van der Waals surface area contributed by atoms with Gasteiger partial charge in [0.15, 0.2) is 0 Å². The number of hydrogen-bond donors (Lipinski definition) is 2. The second-order valence-electron chi connectivity index (χ2n) is 9.89. The Bertz CT molecular complexity index is 1240. The van der Waals surface area contributed by atoms with Crippen molar-refractivity contribution in [3.05, 3.63) is 89.5 Å². The van der Waals surface area contributed by atoms with Crippen LogP contribution in [0.1, 0.15) is 60.5 Å². The van der Waals surface area contributed by atoms with Crippen molar-refractivity contribution in [1.29, 1.82) is 0 Å². The minimum absolute atomic E-state index is 0.0716. The number of benzene rings is 3. The van der Waals surface area contributed by atoms with Crippen LogP contribution in [-0.4, -0.2) is 29.9 Å². The summed E-state index contributed by atoms with van der Waals surface area (Å²) < 4.78 is 41.4. The van der Waals surface area contributed by atoms with Gasteiger partial charge in [-0.2, -0.15) is 0 Å². The number of aliphatic carboxylic acids is 1. The summed E-state index contributed by atoms with van der Waals surface area (Å²) in [6.45, 7) is 2.33. The van der Waals surface area contributed by atoms with E-state index in [4.69, 9.17) is 5.11 Å². The van der Waals surface area contributed by atoms with Gasteiger partial charge in [-0.05, 0) is 78.1 Å². The molecule has 1 aliphatic rings. The van der Waals surface area contributed by atoms with Gasteiger partial charge in [-0.1, -0.05) is 55.5 Å². The predicted molar refractivity (Wildman–Crippen MR) is 138 cm³/mol. The zero-order chi connectivity index (χ0) is 27.3. The van der Waals surface area contributed by atoms with Gasteiger partial charge in [0.2, 0.25) is 0 Å². The van der Waals surface area contributed by atoms with Crippen LogP contribution in [0.5, 0.6) is 5.75 Å². The number of amides is 1. The van der Waals surface area contributed by atoms with Gasteiger partial charge >= 0.3 is 12.3 Å². The number of halogens is 3. The molecule has 38 heavy (non-hydrogen) atoms. The standard InChI is InChI=1S/C30H30F3NO4/c1-20-14-17-29(18-15-20,25-10-4-23(5-11-25)28(37)34-19-16-27(35)36)24-8-2-21(3-9-24)22-6-12-26(13-7-22)38-30(31,32)33/h2-13,20H,14-19H2,1H3,(H,34,37)(H,35,36). The Morgan fingerprint density at radius 2 is 1.39 bits per heavy atom. The molecule has 0 saturated heterocycles. The van der Waals surface area contributed by atoms with E-state index >= 15 is 0 Å². The van der Waals surface area contributed by atoms with Crippen molar-refractivity contribution < 1.29 is 32.6 Å². The summed E-state index contributed by atoms with van der Waals surface area (Å²) in [5, 5.41) is 11.4. The molecule has 3 aromatic carbocycles.